The summed E-state index contributed by atoms with van der Waals surface area (Å²) >= 11 is 0. The van der Waals surface area contributed by atoms with Gasteiger partial charge in [0.2, 0.25) is 0 Å². The number of piperazine rings is 1. The van der Waals surface area contributed by atoms with Gasteiger partial charge in [0.15, 0.2) is 11.7 Å². The number of nitro groups is 1. The first-order valence-corrected chi connectivity index (χ1v) is 9.23. The van der Waals surface area contributed by atoms with Crippen molar-refractivity contribution in [2.75, 3.05) is 26.2 Å². The molecule has 0 aliphatic carbocycles. The van der Waals surface area contributed by atoms with E-state index < -0.39 is 4.92 Å². The first-order valence-electron chi connectivity index (χ1n) is 9.23. The average Bonchev–Trinajstić information content (AvgIpc) is 3.36. The second-order valence-corrected chi connectivity index (χ2v) is 6.83. The zero-order valence-electron chi connectivity index (χ0n) is 16.4. The molecule has 0 amide bonds. The predicted molar refractivity (Wildman–Crippen MR) is 117 cm³/mol. The topological polar surface area (TPSA) is 102 Å². The fraction of sp³-hybridized carbons (Fsp3) is 0.368. The molecule has 1 aliphatic heterocycles. The molecule has 0 spiro atoms. The minimum atomic E-state index is -0.414. The maximum absolute atomic E-state index is 11.0. The van der Waals surface area contributed by atoms with Gasteiger partial charge in [-0.05, 0) is 0 Å². The second kappa shape index (κ2) is 10.5. The van der Waals surface area contributed by atoms with E-state index in [1.807, 2.05) is 19.4 Å². The fourth-order valence-corrected chi connectivity index (χ4v) is 3.54. The Morgan fingerprint density at radius 2 is 2.17 bits per heavy atom. The van der Waals surface area contributed by atoms with Gasteiger partial charge in [-0.3, -0.25) is 15.0 Å². The number of benzene rings is 1. The van der Waals surface area contributed by atoms with Gasteiger partial charge >= 0.3 is 0 Å². The number of aromatic nitrogens is 3. The number of nitro benzene ring substituents is 1. The third-order valence-electron chi connectivity index (χ3n) is 5.02. The molecule has 0 saturated carbocycles. The lowest BCUT2D eigenvalue weighted by Crippen LogP contribution is -2.47. The van der Waals surface area contributed by atoms with Crippen molar-refractivity contribution in [2.24, 2.45) is 7.05 Å². The Bertz CT molecular complexity index is 977. The lowest BCUT2D eigenvalue weighted by atomic mass is 10.1. The van der Waals surface area contributed by atoms with E-state index in [4.69, 9.17) is 4.42 Å². The van der Waals surface area contributed by atoms with Gasteiger partial charge < -0.3 is 14.3 Å². The standard InChI is InChI=1S/C19H22N6O3.2ClH/c1-23-9-7-21-19(23)16-12-20-6-10-24(16)8-5-18-22-13-17(28-18)14-3-2-4-15(11-14)25(26)27;;/h2-4,7,9,11,13,16,20H,5-6,8,10,12H2,1H3;2*1H. The molecule has 1 aromatic carbocycles. The van der Waals surface area contributed by atoms with Crippen molar-refractivity contribution >= 4 is 30.5 Å². The fourth-order valence-electron chi connectivity index (χ4n) is 3.54. The molecule has 4 rings (SSSR count). The Kier molecular flexibility index (Phi) is 8.36. The molecule has 1 atom stereocenters. The quantitative estimate of drug-likeness (QED) is 0.450. The number of aryl methyl sites for hydroxylation is 1. The van der Waals surface area contributed by atoms with Crippen LogP contribution in [0.25, 0.3) is 11.3 Å². The van der Waals surface area contributed by atoms with E-state index in [-0.39, 0.29) is 36.5 Å². The highest BCUT2D eigenvalue weighted by Gasteiger charge is 2.26. The van der Waals surface area contributed by atoms with Crippen molar-refractivity contribution in [3.8, 4) is 11.3 Å². The van der Waals surface area contributed by atoms with Gasteiger partial charge in [-0.2, -0.15) is 0 Å². The van der Waals surface area contributed by atoms with Crippen LogP contribution >= 0.6 is 24.8 Å². The molecule has 0 bridgehead atoms. The predicted octanol–water partition coefficient (Wildman–Crippen LogP) is 3.02. The summed E-state index contributed by atoms with van der Waals surface area (Å²) in [6.07, 6.45) is 6.07. The van der Waals surface area contributed by atoms with E-state index >= 15 is 0 Å². The number of rotatable bonds is 6. The molecule has 30 heavy (non-hydrogen) atoms. The van der Waals surface area contributed by atoms with Crippen molar-refractivity contribution in [3.63, 3.8) is 0 Å². The number of hydrogen-bond donors (Lipinski definition) is 1. The summed E-state index contributed by atoms with van der Waals surface area (Å²) in [7, 11) is 2.01. The van der Waals surface area contributed by atoms with Crippen molar-refractivity contribution < 1.29 is 9.34 Å². The lowest BCUT2D eigenvalue weighted by Gasteiger charge is -2.35. The van der Waals surface area contributed by atoms with E-state index in [0.29, 0.717) is 23.6 Å². The number of non-ortho nitro benzene ring substituents is 1. The van der Waals surface area contributed by atoms with Crippen molar-refractivity contribution in [3.05, 3.63) is 64.7 Å². The van der Waals surface area contributed by atoms with Crippen molar-refractivity contribution in [1.82, 2.24) is 24.8 Å². The maximum atomic E-state index is 11.0. The summed E-state index contributed by atoms with van der Waals surface area (Å²) in [5.74, 6) is 2.20. The highest BCUT2D eigenvalue weighted by atomic mass is 35.5. The molecule has 1 N–H and O–H groups in total. The smallest absolute Gasteiger partial charge is 0.270 e. The van der Waals surface area contributed by atoms with Crippen molar-refractivity contribution in [2.45, 2.75) is 12.5 Å². The van der Waals surface area contributed by atoms with Crippen LogP contribution < -0.4 is 5.32 Å². The maximum Gasteiger partial charge on any atom is 0.270 e. The molecular weight excluding hydrogens is 431 g/mol. The van der Waals surface area contributed by atoms with Crippen LogP contribution in [0.2, 0.25) is 0 Å². The molecule has 9 nitrogen and oxygen atoms in total. The molecule has 1 unspecified atom stereocenters. The first-order chi connectivity index (χ1) is 13.6. The number of imidazole rings is 1. The lowest BCUT2D eigenvalue weighted by molar-refractivity contribution is -0.384. The number of oxazole rings is 1. The van der Waals surface area contributed by atoms with E-state index in [9.17, 15) is 10.1 Å². The molecule has 1 fully saturated rings. The van der Waals surface area contributed by atoms with E-state index in [1.165, 1.54) is 12.1 Å². The van der Waals surface area contributed by atoms with Gasteiger partial charge in [0, 0.05) is 69.7 Å². The number of nitrogens with zero attached hydrogens (tertiary/aromatic N) is 5. The molecule has 3 heterocycles. The van der Waals surface area contributed by atoms with Gasteiger partial charge in [-0.1, -0.05) is 12.1 Å². The third kappa shape index (κ3) is 5.17. The highest BCUT2D eigenvalue weighted by molar-refractivity contribution is 5.85. The van der Waals surface area contributed by atoms with Crippen LogP contribution in [0.4, 0.5) is 5.69 Å². The first kappa shape index (κ1) is 23.8. The van der Waals surface area contributed by atoms with Gasteiger partial charge in [0.05, 0.1) is 17.2 Å². The summed E-state index contributed by atoms with van der Waals surface area (Å²) < 4.78 is 7.90. The van der Waals surface area contributed by atoms with Crippen molar-refractivity contribution in [1.29, 1.82) is 0 Å². The molecule has 11 heteroatoms. The SMILES string of the molecule is Cl.Cl.Cn1ccnc1C1CNCCN1CCc1ncc(-c2cccc([N+](=O)[O-])c2)o1. The number of nitrogens with one attached hydrogen (secondary N) is 1. The molecular formula is C19H24Cl2N6O3. The number of hydrogen-bond acceptors (Lipinski definition) is 7. The van der Waals surface area contributed by atoms with Crippen LogP contribution in [-0.2, 0) is 13.5 Å². The molecule has 2 aromatic heterocycles. The monoisotopic (exact) mass is 454 g/mol. The van der Waals surface area contributed by atoms with Gasteiger partial charge in [-0.25, -0.2) is 9.97 Å². The molecule has 3 aromatic rings. The van der Waals surface area contributed by atoms with Gasteiger partial charge in [-0.15, -0.1) is 24.8 Å². The van der Waals surface area contributed by atoms with Crippen LogP contribution in [0.5, 0.6) is 0 Å². The van der Waals surface area contributed by atoms with Gasteiger partial charge in [0.25, 0.3) is 5.69 Å². The Balaban J connectivity index is 0.00000160. The highest BCUT2D eigenvalue weighted by Crippen LogP contribution is 2.25. The van der Waals surface area contributed by atoms with E-state index in [0.717, 1.165) is 32.0 Å². The zero-order valence-corrected chi connectivity index (χ0v) is 18.1. The Labute approximate surface area is 186 Å². The zero-order chi connectivity index (χ0) is 19.5. The Morgan fingerprint density at radius 1 is 1.33 bits per heavy atom. The summed E-state index contributed by atoms with van der Waals surface area (Å²) in [5, 5.41) is 14.4. The van der Waals surface area contributed by atoms with Crippen LogP contribution in [-0.4, -0.2) is 50.5 Å². The largest absolute Gasteiger partial charge is 0.441 e. The van der Waals surface area contributed by atoms with E-state index in [1.54, 1.807) is 18.3 Å². The van der Waals surface area contributed by atoms with Crippen LogP contribution in [0.15, 0.2) is 47.3 Å². The van der Waals surface area contributed by atoms with E-state index in [2.05, 4.69) is 24.8 Å². The summed E-state index contributed by atoms with van der Waals surface area (Å²) in [6.45, 7) is 3.52. The molecule has 1 aliphatic rings. The van der Waals surface area contributed by atoms with Gasteiger partial charge in [0.1, 0.15) is 5.82 Å². The molecule has 1 saturated heterocycles. The number of halogens is 2. The average molecular weight is 455 g/mol. The minimum Gasteiger partial charge on any atom is -0.441 e. The molecule has 162 valence electrons. The molecule has 0 radical (unpaired) electrons. The van der Waals surface area contributed by atoms with Crippen LogP contribution in [0.1, 0.15) is 17.8 Å². The third-order valence-corrected chi connectivity index (χ3v) is 5.02. The minimum absolute atomic E-state index is 0. The summed E-state index contributed by atoms with van der Waals surface area (Å²) in [5.41, 5.74) is 0.690. The Hall–Kier alpha value is -2.46. The Morgan fingerprint density at radius 3 is 2.90 bits per heavy atom. The van der Waals surface area contributed by atoms with Crippen LogP contribution in [0.3, 0.4) is 0 Å². The van der Waals surface area contributed by atoms with Crippen LogP contribution in [0, 0.1) is 10.1 Å². The second-order valence-electron chi connectivity index (χ2n) is 6.83. The summed E-state index contributed by atoms with van der Waals surface area (Å²) in [6, 6.07) is 6.60. The summed E-state index contributed by atoms with van der Waals surface area (Å²) in [4.78, 5) is 21.8. The normalized spacial score (nSPS) is 16.5.